The van der Waals surface area contributed by atoms with Crippen LogP contribution in [0.4, 0.5) is 5.69 Å². The van der Waals surface area contributed by atoms with Gasteiger partial charge in [-0.05, 0) is 52.2 Å². The smallest absolute Gasteiger partial charge is 0.255 e. The molecular formula is C28H21Cl2N3O2. The third kappa shape index (κ3) is 5.48. The van der Waals surface area contributed by atoms with Crippen molar-refractivity contribution in [1.29, 1.82) is 0 Å². The van der Waals surface area contributed by atoms with Crippen LogP contribution in [0.2, 0.25) is 10.0 Å². The lowest BCUT2D eigenvalue weighted by molar-refractivity contribution is 0.102. The van der Waals surface area contributed by atoms with E-state index >= 15 is 0 Å². The van der Waals surface area contributed by atoms with Gasteiger partial charge < -0.3 is 10.1 Å². The second-order valence-corrected chi connectivity index (χ2v) is 8.92. The van der Waals surface area contributed by atoms with Crippen LogP contribution in [-0.2, 0) is 13.2 Å². The van der Waals surface area contributed by atoms with E-state index in [1.165, 1.54) is 16.3 Å². The van der Waals surface area contributed by atoms with Gasteiger partial charge in [-0.2, -0.15) is 5.10 Å². The van der Waals surface area contributed by atoms with Gasteiger partial charge in [0.25, 0.3) is 5.91 Å². The van der Waals surface area contributed by atoms with Crippen LogP contribution < -0.4 is 10.1 Å². The van der Waals surface area contributed by atoms with E-state index in [4.69, 9.17) is 27.9 Å². The summed E-state index contributed by atoms with van der Waals surface area (Å²) >= 11 is 12.1. The number of fused-ring (bicyclic) bond motifs is 1. The van der Waals surface area contributed by atoms with E-state index in [2.05, 4.69) is 34.7 Å². The highest BCUT2D eigenvalue weighted by molar-refractivity contribution is 6.35. The molecule has 4 aromatic carbocycles. The molecule has 1 aromatic heterocycles. The molecule has 0 aliphatic carbocycles. The standard InChI is InChI=1S/C28H21Cl2N3O2/c29-23-12-13-27(26(30)14-23)35-18-19-8-10-21(11-9-19)28(34)32-24-15-31-33(17-24)16-22-6-3-5-20-4-1-2-7-25(20)22/h1-15,17H,16,18H2,(H,32,34). The van der Waals surface area contributed by atoms with Gasteiger partial charge in [-0.25, -0.2) is 0 Å². The van der Waals surface area contributed by atoms with E-state index in [0.717, 1.165) is 5.56 Å². The zero-order chi connectivity index (χ0) is 24.2. The van der Waals surface area contributed by atoms with Crippen molar-refractivity contribution in [3.05, 3.63) is 124 Å². The first-order chi connectivity index (χ1) is 17.0. The lowest BCUT2D eigenvalue weighted by Crippen LogP contribution is -2.11. The fourth-order valence-electron chi connectivity index (χ4n) is 3.83. The van der Waals surface area contributed by atoms with Crippen molar-refractivity contribution in [1.82, 2.24) is 9.78 Å². The highest BCUT2D eigenvalue weighted by Crippen LogP contribution is 2.28. The maximum Gasteiger partial charge on any atom is 0.255 e. The quantitative estimate of drug-likeness (QED) is 0.256. The predicted octanol–water partition coefficient (Wildman–Crippen LogP) is 7.22. The Bertz CT molecular complexity index is 1490. The molecule has 7 heteroatoms. The van der Waals surface area contributed by atoms with E-state index < -0.39 is 0 Å². The Morgan fingerprint density at radius 1 is 0.943 bits per heavy atom. The molecular weight excluding hydrogens is 481 g/mol. The summed E-state index contributed by atoms with van der Waals surface area (Å²) in [6, 6.07) is 26.8. The number of rotatable bonds is 7. The van der Waals surface area contributed by atoms with Gasteiger partial charge in [-0.3, -0.25) is 9.48 Å². The monoisotopic (exact) mass is 501 g/mol. The predicted molar refractivity (Wildman–Crippen MR) is 140 cm³/mol. The summed E-state index contributed by atoms with van der Waals surface area (Å²) in [7, 11) is 0. The topological polar surface area (TPSA) is 56.2 Å². The maximum atomic E-state index is 12.7. The van der Waals surface area contributed by atoms with Crippen molar-refractivity contribution < 1.29 is 9.53 Å². The number of nitrogens with one attached hydrogen (secondary N) is 1. The van der Waals surface area contributed by atoms with Gasteiger partial charge in [0.2, 0.25) is 0 Å². The SMILES string of the molecule is O=C(Nc1cnn(Cc2cccc3ccccc23)c1)c1ccc(COc2ccc(Cl)cc2Cl)cc1. The number of benzene rings is 4. The molecule has 0 aliphatic heterocycles. The third-order valence-corrected chi connectivity index (χ3v) is 6.14. The second kappa shape index (κ2) is 10.2. The van der Waals surface area contributed by atoms with Crippen LogP contribution in [0.1, 0.15) is 21.5 Å². The first-order valence-corrected chi connectivity index (χ1v) is 11.8. The van der Waals surface area contributed by atoms with Gasteiger partial charge in [0, 0.05) is 16.8 Å². The van der Waals surface area contributed by atoms with Gasteiger partial charge in [-0.15, -0.1) is 0 Å². The Morgan fingerprint density at radius 2 is 1.74 bits per heavy atom. The van der Waals surface area contributed by atoms with E-state index in [0.29, 0.717) is 40.2 Å². The molecule has 35 heavy (non-hydrogen) atoms. The Hall–Kier alpha value is -3.80. The molecule has 1 N–H and O–H groups in total. The summed E-state index contributed by atoms with van der Waals surface area (Å²) in [5, 5.41) is 10.7. The molecule has 0 radical (unpaired) electrons. The molecule has 5 rings (SSSR count). The fraction of sp³-hybridized carbons (Fsp3) is 0.0714. The molecule has 174 valence electrons. The highest BCUT2D eigenvalue weighted by Gasteiger charge is 2.10. The van der Waals surface area contributed by atoms with Crippen molar-refractivity contribution in [2.24, 2.45) is 0 Å². The van der Waals surface area contributed by atoms with Gasteiger partial charge in [0.15, 0.2) is 0 Å². The Kier molecular flexibility index (Phi) is 6.70. The zero-order valence-electron chi connectivity index (χ0n) is 18.6. The molecule has 1 heterocycles. The fourth-order valence-corrected chi connectivity index (χ4v) is 4.29. The van der Waals surface area contributed by atoms with Gasteiger partial charge in [-0.1, -0.05) is 77.8 Å². The van der Waals surface area contributed by atoms with Crippen molar-refractivity contribution in [3.8, 4) is 5.75 Å². The maximum absolute atomic E-state index is 12.7. The second-order valence-electron chi connectivity index (χ2n) is 8.08. The molecule has 0 aliphatic rings. The van der Waals surface area contributed by atoms with E-state index in [-0.39, 0.29) is 5.91 Å². The number of halogens is 2. The Balaban J connectivity index is 1.20. The molecule has 5 aromatic rings. The first kappa shape index (κ1) is 23.0. The minimum Gasteiger partial charge on any atom is -0.487 e. The number of carbonyl (C=O) groups excluding carboxylic acids is 1. The molecule has 1 amide bonds. The van der Waals surface area contributed by atoms with Gasteiger partial charge >= 0.3 is 0 Å². The van der Waals surface area contributed by atoms with Gasteiger partial charge in [0.1, 0.15) is 12.4 Å². The van der Waals surface area contributed by atoms with Crippen LogP contribution in [-0.4, -0.2) is 15.7 Å². The molecule has 0 saturated carbocycles. The molecule has 0 unspecified atom stereocenters. The van der Waals surface area contributed by atoms with Gasteiger partial charge in [0.05, 0.1) is 23.5 Å². The van der Waals surface area contributed by atoms with E-state index in [1.807, 2.05) is 41.2 Å². The number of aromatic nitrogens is 2. The van der Waals surface area contributed by atoms with Crippen LogP contribution in [0.5, 0.6) is 5.75 Å². The minimum atomic E-state index is -0.206. The highest BCUT2D eigenvalue weighted by atomic mass is 35.5. The normalized spacial score (nSPS) is 10.9. The lowest BCUT2D eigenvalue weighted by Gasteiger charge is -2.09. The average Bonchev–Trinajstić information content (AvgIpc) is 3.30. The van der Waals surface area contributed by atoms with Crippen molar-refractivity contribution in [2.45, 2.75) is 13.2 Å². The van der Waals surface area contributed by atoms with Crippen molar-refractivity contribution >= 4 is 45.6 Å². The van der Waals surface area contributed by atoms with Crippen molar-refractivity contribution in [2.75, 3.05) is 5.32 Å². The summed E-state index contributed by atoms with van der Waals surface area (Å²) in [6.45, 7) is 0.938. The molecule has 0 bridgehead atoms. The van der Waals surface area contributed by atoms with Crippen LogP contribution in [0.25, 0.3) is 10.8 Å². The first-order valence-electron chi connectivity index (χ1n) is 11.0. The summed E-state index contributed by atoms with van der Waals surface area (Å²) in [6.07, 6.45) is 3.48. The van der Waals surface area contributed by atoms with Crippen LogP contribution >= 0.6 is 23.2 Å². The largest absolute Gasteiger partial charge is 0.487 e. The van der Waals surface area contributed by atoms with E-state index in [9.17, 15) is 4.79 Å². The number of ether oxygens (including phenoxy) is 1. The molecule has 0 atom stereocenters. The summed E-state index contributed by atoms with van der Waals surface area (Å²) in [4.78, 5) is 12.7. The number of amides is 1. The number of hydrogen-bond donors (Lipinski definition) is 1. The third-order valence-electron chi connectivity index (χ3n) is 5.61. The van der Waals surface area contributed by atoms with Crippen molar-refractivity contribution in [3.63, 3.8) is 0 Å². The van der Waals surface area contributed by atoms with E-state index in [1.54, 1.807) is 36.5 Å². The number of hydrogen-bond acceptors (Lipinski definition) is 3. The Morgan fingerprint density at radius 3 is 2.57 bits per heavy atom. The zero-order valence-corrected chi connectivity index (χ0v) is 20.1. The number of nitrogens with zero attached hydrogens (tertiary/aromatic N) is 2. The number of carbonyl (C=O) groups is 1. The Labute approximate surface area is 212 Å². The summed E-state index contributed by atoms with van der Waals surface area (Å²) in [5.74, 6) is 0.348. The molecule has 5 nitrogen and oxygen atoms in total. The average molecular weight is 502 g/mol. The molecule has 0 spiro atoms. The minimum absolute atomic E-state index is 0.206. The molecule has 0 saturated heterocycles. The van der Waals surface area contributed by atoms with Crippen LogP contribution in [0.3, 0.4) is 0 Å². The summed E-state index contributed by atoms with van der Waals surface area (Å²) < 4.78 is 7.57. The number of anilines is 1. The van der Waals surface area contributed by atoms with Crippen LogP contribution in [0, 0.1) is 0 Å². The lowest BCUT2D eigenvalue weighted by atomic mass is 10.0. The summed E-state index contributed by atoms with van der Waals surface area (Å²) in [5.41, 5.74) is 3.26. The van der Waals surface area contributed by atoms with Crippen LogP contribution in [0.15, 0.2) is 97.3 Å². The molecule has 0 fully saturated rings.